The van der Waals surface area contributed by atoms with Crippen molar-refractivity contribution in [1.82, 2.24) is 0 Å². The lowest BCUT2D eigenvalue weighted by Crippen LogP contribution is -2.27. The van der Waals surface area contributed by atoms with Gasteiger partial charge in [-0.1, -0.05) is 24.3 Å². The zero-order valence-corrected chi connectivity index (χ0v) is 10.5. The lowest BCUT2D eigenvalue weighted by molar-refractivity contribution is -0.153. The van der Waals surface area contributed by atoms with Crippen LogP contribution in [0, 0.1) is 24.2 Å². The molecule has 1 aromatic carbocycles. The molecule has 0 radical (unpaired) electrons. The van der Waals surface area contributed by atoms with Crippen LogP contribution in [0.3, 0.4) is 0 Å². The highest BCUT2D eigenvalue weighted by molar-refractivity contribution is 7.84. The maximum atomic E-state index is 12.3. The quantitative estimate of drug-likeness (QED) is 0.847. The van der Waals surface area contributed by atoms with Gasteiger partial charge >= 0.3 is 6.18 Å². The molecule has 2 nitrogen and oxygen atoms in total. The first-order valence-electron chi connectivity index (χ1n) is 5.20. The van der Waals surface area contributed by atoms with Gasteiger partial charge in [0, 0.05) is 22.3 Å². The summed E-state index contributed by atoms with van der Waals surface area (Å²) in [7, 11) is -1.70. The van der Waals surface area contributed by atoms with Gasteiger partial charge in [-0.05, 0) is 18.1 Å². The zero-order chi connectivity index (χ0) is 13.8. The molecule has 0 amide bonds. The summed E-state index contributed by atoms with van der Waals surface area (Å²) in [6.07, 6.45) is -4.61. The summed E-state index contributed by atoms with van der Waals surface area (Å²) in [4.78, 5) is 0. The highest BCUT2D eigenvalue weighted by Gasteiger charge is 2.40. The van der Waals surface area contributed by atoms with E-state index in [1.807, 2.05) is 0 Å². The van der Waals surface area contributed by atoms with Gasteiger partial charge in [-0.3, -0.25) is 4.21 Å². The van der Waals surface area contributed by atoms with Crippen molar-refractivity contribution in [3.05, 3.63) is 35.4 Å². The van der Waals surface area contributed by atoms with E-state index in [1.165, 1.54) is 0 Å². The Kier molecular flexibility index (Phi) is 4.91. The molecule has 0 saturated heterocycles. The van der Waals surface area contributed by atoms with Crippen molar-refractivity contribution in [2.75, 3.05) is 5.75 Å². The average Bonchev–Trinajstić information content (AvgIpc) is 2.27. The van der Waals surface area contributed by atoms with Gasteiger partial charge in [0.15, 0.2) is 5.92 Å². The first-order valence-corrected chi connectivity index (χ1v) is 6.69. The van der Waals surface area contributed by atoms with Crippen LogP contribution in [0.15, 0.2) is 24.3 Å². The van der Waals surface area contributed by atoms with Crippen LogP contribution in [0.25, 0.3) is 0 Å². The normalized spacial score (nSPS) is 14.8. The van der Waals surface area contributed by atoms with E-state index in [0.717, 1.165) is 17.2 Å². The molecule has 6 heteroatoms. The summed E-state index contributed by atoms with van der Waals surface area (Å²) >= 11 is 0. The molecule has 0 aliphatic rings. The molecule has 0 spiro atoms. The molecule has 0 aliphatic carbocycles. The molecule has 0 aliphatic heterocycles. The average molecular weight is 275 g/mol. The largest absolute Gasteiger partial charge is 0.405 e. The number of alkyl halides is 3. The Morgan fingerprint density at radius 2 is 2.00 bits per heavy atom. The summed E-state index contributed by atoms with van der Waals surface area (Å²) in [5, 5.41) is 8.43. The van der Waals surface area contributed by atoms with Gasteiger partial charge in [0.05, 0.1) is 6.07 Å². The number of hydrogen-bond donors (Lipinski definition) is 0. The Bertz CT molecular complexity index is 479. The summed E-state index contributed by atoms with van der Waals surface area (Å²) in [6.45, 7) is 1.80. The van der Waals surface area contributed by atoms with Crippen LogP contribution in [-0.4, -0.2) is 16.1 Å². The van der Waals surface area contributed by atoms with Gasteiger partial charge in [0.2, 0.25) is 0 Å². The Hall–Kier alpha value is -1.35. The molecule has 1 rings (SSSR count). The van der Waals surface area contributed by atoms with E-state index in [9.17, 15) is 17.4 Å². The summed E-state index contributed by atoms with van der Waals surface area (Å²) in [5.41, 5.74) is 1.63. The highest BCUT2D eigenvalue weighted by atomic mass is 32.2. The van der Waals surface area contributed by atoms with E-state index in [1.54, 1.807) is 31.2 Å². The van der Waals surface area contributed by atoms with E-state index in [0.29, 0.717) is 0 Å². The molecule has 0 fully saturated rings. The fraction of sp³-hybridized carbons (Fsp3) is 0.417. The van der Waals surface area contributed by atoms with Crippen molar-refractivity contribution < 1.29 is 17.4 Å². The molecule has 0 bridgehead atoms. The minimum atomic E-state index is -4.61. The first kappa shape index (κ1) is 14.7. The van der Waals surface area contributed by atoms with Crippen LogP contribution in [0.1, 0.15) is 11.1 Å². The van der Waals surface area contributed by atoms with Crippen LogP contribution >= 0.6 is 0 Å². The SMILES string of the molecule is Cc1ccccc1CS(=O)CC(C#N)C(F)(F)F. The molecule has 0 saturated carbocycles. The number of halogens is 3. The summed E-state index contributed by atoms with van der Waals surface area (Å²) in [5.74, 6) is -2.79. The van der Waals surface area contributed by atoms with E-state index in [-0.39, 0.29) is 5.75 Å². The Morgan fingerprint density at radius 3 is 2.50 bits per heavy atom. The maximum absolute atomic E-state index is 12.3. The summed E-state index contributed by atoms with van der Waals surface area (Å²) < 4.78 is 48.7. The van der Waals surface area contributed by atoms with Crippen LogP contribution in [0.2, 0.25) is 0 Å². The molecular weight excluding hydrogens is 263 g/mol. The molecule has 1 aromatic rings. The molecule has 0 N–H and O–H groups in total. The minimum Gasteiger partial charge on any atom is -0.259 e. The van der Waals surface area contributed by atoms with Gasteiger partial charge in [-0.15, -0.1) is 0 Å². The number of nitrogens with zero attached hydrogens (tertiary/aromatic N) is 1. The third-order valence-corrected chi connectivity index (χ3v) is 3.82. The third-order valence-electron chi connectivity index (χ3n) is 2.48. The number of nitriles is 1. The predicted octanol–water partition coefficient (Wildman–Crippen LogP) is 2.95. The molecule has 2 atom stereocenters. The van der Waals surface area contributed by atoms with Crippen LogP contribution in [-0.2, 0) is 16.6 Å². The molecule has 2 unspecified atom stereocenters. The second kappa shape index (κ2) is 6.01. The van der Waals surface area contributed by atoms with Gasteiger partial charge in [0.25, 0.3) is 0 Å². The number of benzene rings is 1. The van der Waals surface area contributed by atoms with Gasteiger partial charge in [-0.2, -0.15) is 18.4 Å². The maximum Gasteiger partial charge on any atom is 0.405 e. The van der Waals surface area contributed by atoms with E-state index < -0.39 is 28.6 Å². The minimum absolute atomic E-state index is 0.0426. The molecule has 0 aromatic heterocycles. The first-order chi connectivity index (χ1) is 8.34. The van der Waals surface area contributed by atoms with Gasteiger partial charge in [-0.25, -0.2) is 0 Å². The van der Waals surface area contributed by atoms with E-state index in [4.69, 9.17) is 5.26 Å². The molecular formula is C12H12F3NOS. The summed E-state index contributed by atoms with van der Waals surface area (Å²) in [6, 6.07) is 8.23. The zero-order valence-electron chi connectivity index (χ0n) is 9.70. The molecule has 18 heavy (non-hydrogen) atoms. The van der Waals surface area contributed by atoms with Crippen LogP contribution < -0.4 is 0 Å². The van der Waals surface area contributed by atoms with E-state index >= 15 is 0 Å². The Labute approximate surface area is 106 Å². The standard InChI is InChI=1S/C12H12F3NOS/c1-9-4-2-3-5-10(9)7-18(17)8-11(6-16)12(13,14)15/h2-5,11H,7-8H2,1H3. The van der Waals surface area contributed by atoms with Crippen molar-refractivity contribution in [3.63, 3.8) is 0 Å². The second-order valence-corrected chi connectivity index (χ2v) is 5.40. The number of rotatable bonds is 4. The highest BCUT2D eigenvalue weighted by Crippen LogP contribution is 2.26. The lowest BCUT2D eigenvalue weighted by atomic mass is 10.1. The fourth-order valence-electron chi connectivity index (χ4n) is 1.40. The van der Waals surface area contributed by atoms with Gasteiger partial charge in [0.1, 0.15) is 0 Å². The second-order valence-electron chi connectivity index (χ2n) is 3.90. The Morgan fingerprint density at radius 1 is 1.39 bits per heavy atom. The smallest absolute Gasteiger partial charge is 0.259 e. The fourth-order valence-corrected chi connectivity index (χ4v) is 2.82. The Balaban J connectivity index is 2.68. The molecule has 0 heterocycles. The third kappa shape index (κ3) is 4.15. The van der Waals surface area contributed by atoms with Gasteiger partial charge < -0.3 is 0 Å². The van der Waals surface area contributed by atoms with Crippen molar-refractivity contribution in [2.24, 2.45) is 5.92 Å². The van der Waals surface area contributed by atoms with E-state index in [2.05, 4.69) is 0 Å². The number of aryl methyl sites for hydroxylation is 1. The van der Waals surface area contributed by atoms with Crippen LogP contribution in [0.4, 0.5) is 13.2 Å². The topological polar surface area (TPSA) is 40.9 Å². The number of hydrogen-bond acceptors (Lipinski definition) is 2. The van der Waals surface area contributed by atoms with Crippen molar-refractivity contribution in [2.45, 2.75) is 18.9 Å². The van der Waals surface area contributed by atoms with Crippen LogP contribution in [0.5, 0.6) is 0 Å². The monoisotopic (exact) mass is 275 g/mol. The van der Waals surface area contributed by atoms with Crippen molar-refractivity contribution in [1.29, 1.82) is 5.26 Å². The predicted molar refractivity (Wildman–Crippen MR) is 63.1 cm³/mol. The lowest BCUT2D eigenvalue weighted by Gasteiger charge is -2.13. The molecule has 98 valence electrons. The van der Waals surface area contributed by atoms with Crippen molar-refractivity contribution >= 4 is 10.8 Å². The van der Waals surface area contributed by atoms with Crippen molar-refractivity contribution in [3.8, 4) is 6.07 Å².